The number of ether oxygens (including phenoxy) is 2. The van der Waals surface area contributed by atoms with Crippen LogP contribution in [0.15, 0.2) is 24.3 Å². The predicted octanol–water partition coefficient (Wildman–Crippen LogP) is 2.49. The summed E-state index contributed by atoms with van der Waals surface area (Å²) in [6.07, 6.45) is 1.05. The zero-order chi connectivity index (χ0) is 30.1. The fourth-order valence-corrected chi connectivity index (χ4v) is 6.71. The van der Waals surface area contributed by atoms with Crippen molar-refractivity contribution in [3.63, 3.8) is 0 Å². The number of para-hydroxylation sites is 1. The monoisotopic (exact) mass is 616 g/mol. The van der Waals surface area contributed by atoms with E-state index < -0.39 is 47.2 Å². The smallest absolute Gasteiger partial charge is 0.341 e. The van der Waals surface area contributed by atoms with Crippen LogP contribution in [0.5, 0.6) is 5.75 Å². The van der Waals surface area contributed by atoms with Gasteiger partial charge in [-0.15, -0.1) is 23.4 Å². The van der Waals surface area contributed by atoms with Gasteiger partial charge in [-0.1, -0.05) is 44.7 Å². The number of rotatable bonds is 14. The van der Waals surface area contributed by atoms with Gasteiger partial charge in [-0.05, 0) is 44.9 Å². The van der Waals surface area contributed by atoms with Gasteiger partial charge in [-0.25, -0.2) is 4.79 Å². The molecule has 2 fully saturated rings. The quantitative estimate of drug-likeness (QED) is 0.120. The molecule has 3 rings (SSSR count). The van der Waals surface area contributed by atoms with Crippen molar-refractivity contribution in [2.24, 2.45) is 5.92 Å². The summed E-state index contributed by atoms with van der Waals surface area (Å²) in [5.74, 6) is -0.450. The SMILES string of the molecule is CCCCCC[C@@H]1C[C@@H](C(=O)N[C@@H]([C@H]2O[C@H](SCCOC(=O)c3ccccc3O)[C@H](O)[C@@H](O)[C@H]2O)[C@H](C)Cl)N(C)C1. The normalized spacial score (nSPS) is 30.1. The van der Waals surface area contributed by atoms with E-state index in [-0.39, 0.29) is 35.6 Å². The third-order valence-electron chi connectivity index (χ3n) is 7.89. The minimum absolute atomic E-state index is 0.0375. The van der Waals surface area contributed by atoms with Crippen molar-refractivity contribution in [2.75, 3.05) is 26.0 Å². The van der Waals surface area contributed by atoms with Crippen LogP contribution in [0.1, 0.15) is 62.7 Å². The highest BCUT2D eigenvalue weighted by Gasteiger charge is 2.48. The fraction of sp³-hybridized carbons (Fsp3) is 0.724. The maximum atomic E-state index is 13.4. The molecular weight excluding hydrogens is 572 g/mol. The van der Waals surface area contributed by atoms with Crippen LogP contribution < -0.4 is 5.32 Å². The molecule has 12 heteroatoms. The molecular formula is C29H45ClN2O8S. The maximum absolute atomic E-state index is 13.4. The Labute approximate surface area is 251 Å². The molecule has 1 aromatic rings. The number of phenols is 1. The first-order valence-corrected chi connectivity index (χ1v) is 15.9. The Balaban J connectivity index is 1.56. The average molecular weight is 617 g/mol. The fourth-order valence-electron chi connectivity index (χ4n) is 5.53. The molecule has 0 aliphatic carbocycles. The second-order valence-electron chi connectivity index (χ2n) is 11.1. The number of nitrogens with zero attached hydrogens (tertiary/aromatic N) is 1. The summed E-state index contributed by atoms with van der Waals surface area (Å²) < 4.78 is 11.2. The lowest BCUT2D eigenvalue weighted by molar-refractivity contribution is -0.205. The van der Waals surface area contributed by atoms with Crippen LogP contribution in [0.2, 0.25) is 0 Å². The third kappa shape index (κ3) is 9.19. The van der Waals surface area contributed by atoms with Crippen molar-refractivity contribution < 1.29 is 39.5 Å². The molecule has 0 spiro atoms. The Kier molecular flexibility index (Phi) is 13.5. The number of carbonyl (C=O) groups excluding carboxylic acids is 2. The molecule has 41 heavy (non-hydrogen) atoms. The van der Waals surface area contributed by atoms with E-state index in [1.807, 2.05) is 11.9 Å². The molecule has 0 aromatic heterocycles. The predicted molar refractivity (Wildman–Crippen MR) is 158 cm³/mol. The lowest BCUT2D eigenvalue weighted by Gasteiger charge is -2.44. The average Bonchev–Trinajstić information content (AvgIpc) is 3.32. The van der Waals surface area contributed by atoms with Crippen molar-refractivity contribution in [1.82, 2.24) is 10.2 Å². The number of phenolic OH excluding ortho intramolecular Hbond substituents is 1. The summed E-state index contributed by atoms with van der Waals surface area (Å²) in [7, 11) is 1.93. The summed E-state index contributed by atoms with van der Waals surface area (Å²) in [6, 6.07) is 4.87. The second kappa shape index (κ2) is 16.3. The van der Waals surface area contributed by atoms with E-state index in [0.717, 1.165) is 37.6 Å². The highest BCUT2D eigenvalue weighted by Crippen LogP contribution is 2.32. The van der Waals surface area contributed by atoms with Crippen LogP contribution in [0.25, 0.3) is 0 Å². The topological polar surface area (TPSA) is 149 Å². The van der Waals surface area contributed by atoms with E-state index in [4.69, 9.17) is 21.1 Å². The molecule has 9 atom stereocenters. The summed E-state index contributed by atoms with van der Waals surface area (Å²) in [5, 5.41) is 44.1. The summed E-state index contributed by atoms with van der Waals surface area (Å²) >= 11 is 7.57. The van der Waals surface area contributed by atoms with Gasteiger partial charge in [0.1, 0.15) is 47.8 Å². The lowest BCUT2D eigenvalue weighted by atomic mass is 9.92. The van der Waals surface area contributed by atoms with Crippen LogP contribution in [0, 0.1) is 5.92 Å². The number of aliphatic hydroxyl groups excluding tert-OH is 3. The number of aliphatic hydroxyl groups is 3. The van der Waals surface area contributed by atoms with Crippen molar-refractivity contribution >= 4 is 35.2 Å². The maximum Gasteiger partial charge on any atom is 0.341 e. The molecule has 0 radical (unpaired) electrons. The zero-order valence-electron chi connectivity index (χ0n) is 24.0. The molecule has 5 N–H and O–H groups in total. The van der Waals surface area contributed by atoms with Gasteiger partial charge < -0.3 is 35.2 Å². The van der Waals surface area contributed by atoms with Crippen molar-refractivity contribution in [3.8, 4) is 5.75 Å². The van der Waals surface area contributed by atoms with Crippen molar-refractivity contribution in [3.05, 3.63) is 29.8 Å². The molecule has 232 valence electrons. The van der Waals surface area contributed by atoms with Gasteiger partial charge >= 0.3 is 5.97 Å². The second-order valence-corrected chi connectivity index (χ2v) is 13.0. The van der Waals surface area contributed by atoms with E-state index in [2.05, 4.69) is 12.2 Å². The number of benzene rings is 1. The van der Waals surface area contributed by atoms with Crippen LogP contribution in [0.3, 0.4) is 0 Å². The van der Waals surface area contributed by atoms with Crippen LogP contribution in [-0.2, 0) is 14.3 Å². The summed E-state index contributed by atoms with van der Waals surface area (Å²) in [6.45, 7) is 4.65. The Hall–Kier alpha value is -1.60. The molecule has 2 heterocycles. The Morgan fingerprint density at radius 3 is 2.59 bits per heavy atom. The van der Waals surface area contributed by atoms with E-state index >= 15 is 0 Å². The number of amides is 1. The third-order valence-corrected chi connectivity index (χ3v) is 9.28. The van der Waals surface area contributed by atoms with Gasteiger partial charge in [0.25, 0.3) is 0 Å². The number of likely N-dealkylation sites (tertiary alicyclic amines) is 1. The number of halogens is 1. The molecule has 10 nitrogen and oxygen atoms in total. The van der Waals surface area contributed by atoms with Crippen LogP contribution >= 0.6 is 23.4 Å². The number of unbranched alkanes of at least 4 members (excludes halogenated alkanes) is 3. The molecule has 2 aliphatic heterocycles. The zero-order valence-corrected chi connectivity index (χ0v) is 25.6. The highest BCUT2D eigenvalue weighted by molar-refractivity contribution is 7.99. The first kappa shape index (κ1) is 33.9. The Morgan fingerprint density at radius 2 is 1.90 bits per heavy atom. The van der Waals surface area contributed by atoms with E-state index in [0.29, 0.717) is 5.92 Å². The van der Waals surface area contributed by atoms with Crippen LogP contribution in [0.4, 0.5) is 0 Å². The van der Waals surface area contributed by atoms with Gasteiger partial charge in [0.2, 0.25) is 5.91 Å². The summed E-state index contributed by atoms with van der Waals surface area (Å²) in [4.78, 5) is 27.6. The standard InChI is InChI=1S/C29H45ClN2O8S/c1-4-5-6-7-10-18-15-20(32(3)16-18)27(37)31-22(17(2)30)26-24(35)23(34)25(36)29(40-26)41-14-13-39-28(38)19-11-8-9-12-21(19)33/h8-9,11-12,17-18,20,22-26,29,33-36H,4-7,10,13-16H2,1-3H3,(H,31,37)/t17-,18+,20-,22+,23-,24+,25+,26+,29+/m0/s1. The highest BCUT2D eigenvalue weighted by atomic mass is 35.5. The molecule has 2 saturated heterocycles. The van der Waals surface area contributed by atoms with Gasteiger partial charge in [0, 0.05) is 12.3 Å². The van der Waals surface area contributed by atoms with Gasteiger partial charge in [-0.2, -0.15) is 0 Å². The number of carbonyl (C=O) groups is 2. The number of thioether (sulfide) groups is 1. The minimum atomic E-state index is -1.54. The molecule has 0 bridgehead atoms. The lowest BCUT2D eigenvalue weighted by Crippen LogP contribution is -2.65. The minimum Gasteiger partial charge on any atom is -0.507 e. The van der Waals surface area contributed by atoms with Crippen molar-refractivity contribution in [2.45, 2.75) is 99.7 Å². The van der Waals surface area contributed by atoms with Gasteiger partial charge in [0.15, 0.2) is 0 Å². The number of aromatic hydroxyl groups is 1. The number of esters is 1. The molecule has 0 unspecified atom stereocenters. The molecule has 2 aliphatic rings. The largest absolute Gasteiger partial charge is 0.507 e. The van der Waals surface area contributed by atoms with Crippen LogP contribution in [-0.4, -0.2) is 110 Å². The number of nitrogens with one attached hydrogen (secondary N) is 1. The molecule has 1 aromatic carbocycles. The van der Waals surface area contributed by atoms with E-state index in [1.54, 1.807) is 19.1 Å². The number of likely N-dealkylation sites (N-methyl/N-ethyl adjacent to an activating group) is 1. The molecule has 1 amide bonds. The Bertz CT molecular complexity index is 988. The van der Waals surface area contributed by atoms with E-state index in [9.17, 15) is 30.0 Å². The number of alkyl halides is 1. The number of hydrogen-bond donors (Lipinski definition) is 5. The first-order chi connectivity index (χ1) is 19.5. The van der Waals surface area contributed by atoms with Crippen molar-refractivity contribution in [1.29, 1.82) is 0 Å². The summed E-state index contributed by atoms with van der Waals surface area (Å²) in [5.41, 5.74) is -0.936. The van der Waals surface area contributed by atoms with Gasteiger partial charge in [0.05, 0.1) is 17.5 Å². The van der Waals surface area contributed by atoms with Gasteiger partial charge in [-0.3, -0.25) is 9.69 Å². The molecule has 0 saturated carbocycles. The first-order valence-electron chi connectivity index (χ1n) is 14.5. The Morgan fingerprint density at radius 1 is 1.17 bits per heavy atom. The number of hydrogen-bond acceptors (Lipinski definition) is 10. The van der Waals surface area contributed by atoms with E-state index in [1.165, 1.54) is 31.4 Å².